The molecule has 0 atom stereocenters. The summed E-state index contributed by atoms with van der Waals surface area (Å²) in [6.45, 7) is 3.15. The lowest BCUT2D eigenvalue weighted by Crippen LogP contribution is -2.10. The third-order valence-electron chi connectivity index (χ3n) is 4.15. The Hall–Kier alpha value is -2.41. The van der Waals surface area contributed by atoms with E-state index >= 15 is 0 Å². The van der Waals surface area contributed by atoms with Gasteiger partial charge in [-0.15, -0.1) is 0 Å². The van der Waals surface area contributed by atoms with Gasteiger partial charge in [-0.2, -0.15) is 4.58 Å². The van der Waals surface area contributed by atoms with Crippen LogP contribution in [0.1, 0.15) is 18.1 Å². The number of hydrogen-bond donors (Lipinski definition) is 0. The second-order valence-corrected chi connectivity index (χ2v) is 5.34. The molecule has 0 saturated carbocycles. The Morgan fingerprint density at radius 1 is 0.800 bits per heavy atom. The first-order valence-electron chi connectivity index (χ1n) is 7.02. The smallest absolute Gasteiger partial charge is 0.191 e. The van der Waals surface area contributed by atoms with Crippen molar-refractivity contribution in [3.8, 4) is 0 Å². The van der Waals surface area contributed by atoms with E-state index in [9.17, 15) is 0 Å². The van der Waals surface area contributed by atoms with Crippen molar-refractivity contribution >= 4 is 22.2 Å². The molecular weight excluding hydrogens is 242 g/mol. The Morgan fingerprint density at radius 2 is 1.55 bits per heavy atom. The van der Waals surface area contributed by atoms with Crippen LogP contribution in [0, 0.1) is 0 Å². The summed E-state index contributed by atoms with van der Waals surface area (Å²) in [5.74, 6) is 0. The number of benzene rings is 3. The molecule has 0 amide bonds. The van der Waals surface area contributed by atoms with Crippen LogP contribution in [0.4, 0.5) is 5.69 Å². The quantitative estimate of drug-likeness (QED) is 0.595. The minimum absolute atomic E-state index is 0.931. The number of hydrogen-bond acceptors (Lipinski definition) is 0. The minimum Gasteiger partial charge on any atom is -0.191 e. The summed E-state index contributed by atoms with van der Waals surface area (Å²) in [5, 5.41) is 2.72. The summed E-state index contributed by atoms with van der Waals surface area (Å²) in [4.78, 5) is 0. The van der Waals surface area contributed by atoms with Crippen molar-refractivity contribution in [1.82, 2.24) is 0 Å². The molecule has 0 radical (unpaired) electrons. The van der Waals surface area contributed by atoms with Crippen molar-refractivity contribution in [2.24, 2.45) is 0 Å². The van der Waals surface area contributed by atoms with Crippen LogP contribution in [-0.2, 0) is 6.54 Å². The molecule has 20 heavy (non-hydrogen) atoms. The first-order valence-corrected chi connectivity index (χ1v) is 7.02. The van der Waals surface area contributed by atoms with Crippen LogP contribution in [0.3, 0.4) is 0 Å². The monoisotopic (exact) mass is 258 g/mol. The number of nitrogens with zero attached hydrogens (tertiary/aromatic N) is 1. The highest BCUT2D eigenvalue weighted by Gasteiger charge is 2.28. The fourth-order valence-corrected chi connectivity index (χ4v) is 3.14. The fourth-order valence-electron chi connectivity index (χ4n) is 3.14. The fraction of sp³-hybridized carbons (Fsp3) is 0.105. The Bertz CT molecular complexity index is 824. The van der Waals surface area contributed by atoms with Crippen LogP contribution >= 0.6 is 0 Å². The standard InChI is InChI=1S/C19H16N/c1-14-17-11-5-9-16-10-6-12-18(19(16)17)20(14)13-15-7-3-2-4-8-15/h2-12H,13H2,1H3/q+1. The van der Waals surface area contributed by atoms with Gasteiger partial charge in [0.05, 0.1) is 10.9 Å². The highest BCUT2D eigenvalue weighted by atomic mass is 15.0. The van der Waals surface area contributed by atoms with Crippen LogP contribution in [0.15, 0.2) is 66.7 Å². The van der Waals surface area contributed by atoms with E-state index in [1.54, 1.807) is 0 Å². The highest BCUT2D eigenvalue weighted by Crippen LogP contribution is 2.35. The molecule has 0 fully saturated rings. The molecule has 3 aromatic rings. The largest absolute Gasteiger partial charge is 0.214 e. The molecule has 0 aliphatic carbocycles. The molecule has 1 nitrogen and oxygen atoms in total. The average molecular weight is 258 g/mol. The van der Waals surface area contributed by atoms with E-state index in [0.717, 1.165) is 6.54 Å². The Labute approximate surface area is 118 Å². The van der Waals surface area contributed by atoms with E-state index < -0.39 is 0 Å². The summed E-state index contributed by atoms with van der Waals surface area (Å²) in [7, 11) is 0. The molecule has 1 heteroatoms. The molecule has 0 unspecified atom stereocenters. The van der Waals surface area contributed by atoms with Crippen LogP contribution in [0.5, 0.6) is 0 Å². The molecule has 4 rings (SSSR count). The van der Waals surface area contributed by atoms with Gasteiger partial charge in [-0.3, -0.25) is 0 Å². The van der Waals surface area contributed by atoms with E-state index in [1.807, 2.05) is 0 Å². The molecule has 0 aromatic heterocycles. The van der Waals surface area contributed by atoms with Gasteiger partial charge in [-0.05, 0) is 11.5 Å². The van der Waals surface area contributed by atoms with Crippen LogP contribution in [-0.4, -0.2) is 10.3 Å². The summed E-state index contributed by atoms with van der Waals surface area (Å²) in [5.41, 5.74) is 5.39. The van der Waals surface area contributed by atoms with Crippen molar-refractivity contribution in [3.05, 3.63) is 77.9 Å². The zero-order valence-electron chi connectivity index (χ0n) is 11.5. The van der Waals surface area contributed by atoms with Crippen LogP contribution < -0.4 is 0 Å². The lowest BCUT2D eigenvalue weighted by atomic mass is 10.0. The Balaban J connectivity index is 1.90. The second-order valence-electron chi connectivity index (χ2n) is 5.34. The van der Waals surface area contributed by atoms with Crippen molar-refractivity contribution in [3.63, 3.8) is 0 Å². The summed E-state index contributed by atoms with van der Waals surface area (Å²) in [6, 6.07) is 23.8. The van der Waals surface area contributed by atoms with Crippen molar-refractivity contribution in [1.29, 1.82) is 0 Å². The summed E-state index contributed by atoms with van der Waals surface area (Å²) in [6.07, 6.45) is 0. The molecule has 1 heterocycles. The van der Waals surface area contributed by atoms with Crippen LogP contribution in [0.25, 0.3) is 10.8 Å². The molecule has 0 bridgehead atoms. The minimum atomic E-state index is 0.931. The molecule has 0 spiro atoms. The van der Waals surface area contributed by atoms with Crippen molar-refractivity contribution < 1.29 is 4.58 Å². The highest BCUT2D eigenvalue weighted by molar-refractivity contribution is 6.14. The average Bonchev–Trinajstić information content (AvgIpc) is 2.77. The lowest BCUT2D eigenvalue weighted by molar-refractivity contribution is -0.454. The Kier molecular flexibility index (Phi) is 2.46. The predicted molar refractivity (Wildman–Crippen MR) is 83.8 cm³/mol. The predicted octanol–water partition coefficient (Wildman–Crippen LogP) is 4.51. The number of rotatable bonds is 2. The van der Waals surface area contributed by atoms with Crippen LogP contribution in [0.2, 0.25) is 0 Å². The van der Waals surface area contributed by atoms with E-state index in [0.29, 0.717) is 0 Å². The van der Waals surface area contributed by atoms with Gasteiger partial charge in [0.15, 0.2) is 12.3 Å². The molecule has 96 valence electrons. The SMILES string of the molecule is CC1=[N+](Cc2ccccc2)c2cccc3cccc1c23. The second kappa shape index (κ2) is 4.31. The molecular formula is C19H16N+. The summed E-state index contributed by atoms with van der Waals surface area (Å²) < 4.78 is 2.42. The molecule has 0 saturated heterocycles. The molecule has 3 aromatic carbocycles. The topological polar surface area (TPSA) is 3.01 Å². The van der Waals surface area contributed by atoms with Crippen molar-refractivity contribution in [2.75, 3.05) is 0 Å². The van der Waals surface area contributed by atoms with E-state index in [-0.39, 0.29) is 0 Å². The van der Waals surface area contributed by atoms with Gasteiger partial charge >= 0.3 is 0 Å². The van der Waals surface area contributed by atoms with Gasteiger partial charge in [0.2, 0.25) is 5.69 Å². The summed E-state index contributed by atoms with van der Waals surface area (Å²) >= 11 is 0. The maximum absolute atomic E-state index is 2.42. The van der Waals surface area contributed by atoms with Gasteiger partial charge in [0.25, 0.3) is 0 Å². The molecule has 1 aliphatic heterocycles. The van der Waals surface area contributed by atoms with Crippen molar-refractivity contribution in [2.45, 2.75) is 13.5 Å². The van der Waals surface area contributed by atoms with Gasteiger partial charge in [-0.25, -0.2) is 0 Å². The van der Waals surface area contributed by atoms with E-state index in [2.05, 4.69) is 78.2 Å². The lowest BCUT2D eigenvalue weighted by Gasteiger charge is -2.02. The third-order valence-corrected chi connectivity index (χ3v) is 4.15. The molecule has 1 aliphatic rings. The molecule has 0 N–H and O–H groups in total. The van der Waals surface area contributed by atoms with E-state index in [4.69, 9.17) is 0 Å². The zero-order valence-corrected chi connectivity index (χ0v) is 11.5. The maximum atomic E-state index is 2.42. The van der Waals surface area contributed by atoms with Gasteiger partial charge in [0, 0.05) is 18.6 Å². The zero-order chi connectivity index (χ0) is 13.5. The maximum Gasteiger partial charge on any atom is 0.214 e. The van der Waals surface area contributed by atoms with Gasteiger partial charge < -0.3 is 0 Å². The Morgan fingerprint density at radius 3 is 2.35 bits per heavy atom. The van der Waals surface area contributed by atoms with E-state index in [1.165, 1.54) is 33.3 Å². The normalized spacial score (nSPS) is 13.2. The van der Waals surface area contributed by atoms with Gasteiger partial charge in [0.1, 0.15) is 0 Å². The third kappa shape index (κ3) is 1.60. The first kappa shape index (κ1) is 11.4. The van der Waals surface area contributed by atoms with Gasteiger partial charge in [-0.1, -0.05) is 54.6 Å². The first-order chi connectivity index (χ1) is 9.84.